The van der Waals surface area contributed by atoms with Crippen LogP contribution in [0.2, 0.25) is 0 Å². The van der Waals surface area contributed by atoms with Gasteiger partial charge in [0.05, 0.1) is 15.5 Å². The number of anilines is 1. The Kier molecular flexibility index (Phi) is 4.69. The molecular formula is C16H16N4O3S2. The van der Waals surface area contributed by atoms with Gasteiger partial charge in [0, 0.05) is 0 Å². The molecule has 3 rings (SSSR count). The normalized spacial score (nSPS) is 11.4. The van der Waals surface area contributed by atoms with Crippen LogP contribution in [0.3, 0.4) is 0 Å². The Morgan fingerprint density at radius 1 is 1.16 bits per heavy atom. The molecule has 9 heteroatoms. The van der Waals surface area contributed by atoms with Gasteiger partial charge in [0.15, 0.2) is 5.16 Å². The number of sulfonamides is 1. The van der Waals surface area contributed by atoms with Crippen LogP contribution in [0.5, 0.6) is 5.75 Å². The van der Waals surface area contributed by atoms with E-state index in [0.717, 1.165) is 17.3 Å². The molecule has 2 aromatic carbocycles. The third-order valence-corrected chi connectivity index (χ3v) is 5.80. The zero-order chi connectivity index (χ0) is 18.0. The maximum Gasteiger partial charge on any atom is 0.261 e. The number of aromatic hydroxyl groups is 1. The molecule has 0 fully saturated rings. The van der Waals surface area contributed by atoms with E-state index in [2.05, 4.69) is 19.9 Å². The number of aryl methyl sites for hydroxylation is 2. The van der Waals surface area contributed by atoms with Crippen LogP contribution in [-0.2, 0) is 10.0 Å². The zero-order valence-corrected chi connectivity index (χ0v) is 15.1. The van der Waals surface area contributed by atoms with Crippen molar-refractivity contribution in [3.63, 3.8) is 0 Å². The molecule has 0 aliphatic heterocycles. The fourth-order valence-electron chi connectivity index (χ4n) is 2.13. The Labute approximate surface area is 149 Å². The second-order valence-corrected chi connectivity index (χ2v) is 8.16. The SMILES string of the molecule is Cc1ccc(S(=O)(=O)Nc2cc(Sc3ncn[nH]3)c(O)cc2C)cc1. The number of hydrogen-bond donors (Lipinski definition) is 3. The lowest BCUT2D eigenvalue weighted by atomic mass is 10.2. The third kappa shape index (κ3) is 3.94. The Morgan fingerprint density at radius 2 is 1.88 bits per heavy atom. The van der Waals surface area contributed by atoms with Crippen molar-refractivity contribution in [2.24, 2.45) is 0 Å². The number of nitrogens with one attached hydrogen (secondary N) is 2. The van der Waals surface area contributed by atoms with Crippen molar-refractivity contribution in [3.05, 3.63) is 53.9 Å². The first-order valence-corrected chi connectivity index (χ1v) is 9.61. The highest BCUT2D eigenvalue weighted by Gasteiger charge is 2.17. The number of hydrogen-bond acceptors (Lipinski definition) is 6. The van der Waals surface area contributed by atoms with E-state index >= 15 is 0 Å². The summed E-state index contributed by atoms with van der Waals surface area (Å²) >= 11 is 1.15. The molecular weight excluding hydrogens is 360 g/mol. The summed E-state index contributed by atoms with van der Waals surface area (Å²) in [7, 11) is -3.72. The highest BCUT2D eigenvalue weighted by Crippen LogP contribution is 2.36. The van der Waals surface area contributed by atoms with Gasteiger partial charge >= 0.3 is 0 Å². The van der Waals surface area contributed by atoms with E-state index < -0.39 is 10.0 Å². The van der Waals surface area contributed by atoms with Gasteiger partial charge in [-0.3, -0.25) is 9.82 Å². The number of nitrogens with zero attached hydrogens (tertiary/aromatic N) is 2. The number of rotatable bonds is 5. The number of benzene rings is 2. The van der Waals surface area contributed by atoms with Gasteiger partial charge in [-0.05, 0) is 55.4 Å². The number of aromatic amines is 1. The highest BCUT2D eigenvalue weighted by molar-refractivity contribution is 7.99. The second kappa shape index (κ2) is 6.77. The van der Waals surface area contributed by atoms with Crippen LogP contribution in [-0.4, -0.2) is 28.7 Å². The van der Waals surface area contributed by atoms with E-state index in [4.69, 9.17) is 0 Å². The predicted octanol–water partition coefficient (Wildman–Crippen LogP) is 3.08. The molecule has 0 amide bonds. The molecule has 0 aliphatic rings. The highest BCUT2D eigenvalue weighted by atomic mass is 32.2. The number of H-pyrrole nitrogens is 1. The first-order valence-electron chi connectivity index (χ1n) is 7.31. The second-order valence-electron chi connectivity index (χ2n) is 5.45. The summed E-state index contributed by atoms with van der Waals surface area (Å²) in [6, 6.07) is 9.66. The number of phenols is 1. The van der Waals surface area contributed by atoms with E-state index in [-0.39, 0.29) is 10.6 Å². The van der Waals surface area contributed by atoms with Crippen LogP contribution in [0, 0.1) is 13.8 Å². The van der Waals surface area contributed by atoms with Crippen molar-refractivity contribution in [1.82, 2.24) is 15.2 Å². The predicted molar refractivity (Wildman–Crippen MR) is 95.3 cm³/mol. The summed E-state index contributed by atoms with van der Waals surface area (Å²) in [4.78, 5) is 4.62. The summed E-state index contributed by atoms with van der Waals surface area (Å²) < 4.78 is 27.7. The molecule has 0 radical (unpaired) electrons. The largest absolute Gasteiger partial charge is 0.507 e. The monoisotopic (exact) mass is 376 g/mol. The quantitative estimate of drug-likeness (QED) is 0.591. The van der Waals surface area contributed by atoms with Gasteiger partial charge in [-0.15, -0.1) is 0 Å². The van der Waals surface area contributed by atoms with Crippen molar-refractivity contribution in [1.29, 1.82) is 0 Å². The third-order valence-electron chi connectivity index (χ3n) is 3.48. The summed E-state index contributed by atoms with van der Waals surface area (Å²) in [6.45, 7) is 3.61. The lowest BCUT2D eigenvalue weighted by Crippen LogP contribution is -2.13. The van der Waals surface area contributed by atoms with E-state index in [1.54, 1.807) is 37.3 Å². The summed E-state index contributed by atoms with van der Waals surface area (Å²) in [5.74, 6) is 0.0391. The molecule has 0 aliphatic carbocycles. The van der Waals surface area contributed by atoms with Crippen LogP contribution in [0.4, 0.5) is 5.69 Å². The van der Waals surface area contributed by atoms with Crippen LogP contribution in [0.15, 0.2) is 57.7 Å². The van der Waals surface area contributed by atoms with Gasteiger partial charge in [0.25, 0.3) is 10.0 Å². The fraction of sp³-hybridized carbons (Fsp3) is 0.125. The Morgan fingerprint density at radius 3 is 2.52 bits per heavy atom. The van der Waals surface area contributed by atoms with Crippen LogP contribution in [0.25, 0.3) is 0 Å². The minimum absolute atomic E-state index is 0.0391. The molecule has 0 saturated heterocycles. The standard InChI is InChI=1S/C16H16N4O3S2/c1-10-3-5-12(6-4-10)25(22,23)20-13-8-15(14(21)7-11(13)2)24-16-17-9-18-19-16/h3-9,20-21H,1-2H3,(H,17,18,19). The molecule has 3 aromatic rings. The average Bonchev–Trinajstić information content (AvgIpc) is 3.05. The van der Waals surface area contributed by atoms with Gasteiger partial charge in [0.1, 0.15) is 12.1 Å². The van der Waals surface area contributed by atoms with Gasteiger partial charge < -0.3 is 5.11 Å². The topological polar surface area (TPSA) is 108 Å². The van der Waals surface area contributed by atoms with Crippen molar-refractivity contribution < 1.29 is 13.5 Å². The van der Waals surface area contributed by atoms with Crippen molar-refractivity contribution in [3.8, 4) is 5.75 Å². The Bertz CT molecular complexity index is 985. The van der Waals surface area contributed by atoms with E-state index in [0.29, 0.717) is 21.3 Å². The molecule has 3 N–H and O–H groups in total. The van der Waals surface area contributed by atoms with E-state index in [1.807, 2.05) is 6.92 Å². The minimum Gasteiger partial charge on any atom is -0.507 e. The molecule has 0 atom stereocenters. The van der Waals surface area contributed by atoms with Crippen molar-refractivity contribution in [2.45, 2.75) is 28.8 Å². The van der Waals surface area contributed by atoms with Crippen LogP contribution in [0.1, 0.15) is 11.1 Å². The van der Waals surface area contributed by atoms with E-state index in [9.17, 15) is 13.5 Å². The number of phenolic OH excluding ortho intramolecular Hbond substituents is 1. The van der Waals surface area contributed by atoms with Crippen LogP contribution < -0.4 is 4.72 Å². The molecule has 130 valence electrons. The maximum absolute atomic E-state index is 12.6. The molecule has 1 aromatic heterocycles. The molecule has 7 nitrogen and oxygen atoms in total. The number of aromatic nitrogens is 3. The lowest BCUT2D eigenvalue weighted by molar-refractivity contribution is 0.462. The van der Waals surface area contributed by atoms with Crippen molar-refractivity contribution >= 4 is 27.5 Å². The van der Waals surface area contributed by atoms with Crippen molar-refractivity contribution in [2.75, 3.05) is 4.72 Å². The summed E-state index contributed by atoms with van der Waals surface area (Å²) in [6.07, 6.45) is 1.36. The maximum atomic E-state index is 12.6. The molecule has 0 unspecified atom stereocenters. The fourth-order valence-corrected chi connectivity index (χ4v) is 4.00. The molecule has 25 heavy (non-hydrogen) atoms. The summed E-state index contributed by atoms with van der Waals surface area (Å²) in [5.41, 5.74) is 1.97. The first-order chi connectivity index (χ1) is 11.8. The van der Waals surface area contributed by atoms with Gasteiger partial charge in [-0.25, -0.2) is 13.4 Å². The van der Waals surface area contributed by atoms with Crippen LogP contribution >= 0.6 is 11.8 Å². The Hall–Kier alpha value is -2.52. The lowest BCUT2D eigenvalue weighted by Gasteiger charge is -2.13. The average molecular weight is 376 g/mol. The Balaban J connectivity index is 1.92. The van der Waals surface area contributed by atoms with E-state index in [1.165, 1.54) is 12.4 Å². The molecule has 0 saturated carbocycles. The smallest absolute Gasteiger partial charge is 0.261 e. The first kappa shape index (κ1) is 17.3. The molecule has 0 spiro atoms. The van der Waals surface area contributed by atoms with Gasteiger partial charge in [-0.2, -0.15) is 5.10 Å². The molecule has 1 heterocycles. The zero-order valence-electron chi connectivity index (χ0n) is 13.5. The minimum atomic E-state index is -3.72. The van der Waals surface area contributed by atoms with Gasteiger partial charge in [-0.1, -0.05) is 17.7 Å². The molecule has 0 bridgehead atoms. The van der Waals surface area contributed by atoms with Gasteiger partial charge in [0.2, 0.25) is 0 Å². The summed E-state index contributed by atoms with van der Waals surface area (Å²) in [5, 5.41) is 17.0.